The number of allylic oxidation sites excluding steroid dienone is 1. The predicted octanol–water partition coefficient (Wildman–Crippen LogP) is 1.92. The lowest BCUT2D eigenvalue weighted by Gasteiger charge is -2.30. The lowest BCUT2D eigenvalue weighted by molar-refractivity contribution is 0.0333. The van der Waals surface area contributed by atoms with E-state index in [2.05, 4.69) is 4.90 Å². The van der Waals surface area contributed by atoms with Crippen LogP contribution in [0, 0.1) is 0 Å². The summed E-state index contributed by atoms with van der Waals surface area (Å²) in [6.07, 6.45) is 4.74. The summed E-state index contributed by atoms with van der Waals surface area (Å²) in [5.74, 6) is 1.29. The molecular formula is C18H27NO4. The number of hydrogen-bond acceptors (Lipinski definition) is 5. The van der Waals surface area contributed by atoms with Crippen LogP contribution in [-0.2, 0) is 0 Å². The molecule has 1 fully saturated rings. The molecule has 1 aliphatic heterocycles. The molecule has 0 bridgehead atoms. The van der Waals surface area contributed by atoms with Crippen LogP contribution < -0.4 is 9.47 Å². The van der Waals surface area contributed by atoms with Crippen LogP contribution in [0.3, 0.4) is 0 Å². The summed E-state index contributed by atoms with van der Waals surface area (Å²) in [7, 11) is 1.61. The monoisotopic (exact) mass is 321 g/mol. The molecule has 1 aromatic carbocycles. The summed E-state index contributed by atoms with van der Waals surface area (Å²) in [5, 5.41) is 19.6. The Morgan fingerprint density at radius 2 is 2.04 bits per heavy atom. The van der Waals surface area contributed by atoms with Crippen molar-refractivity contribution in [2.75, 3.05) is 33.4 Å². The molecule has 128 valence electrons. The van der Waals surface area contributed by atoms with Gasteiger partial charge in [0.1, 0.15) is 12.7 Å². The van der Waals surface area contributed by atoms with Crippen LogP contribution in [-0.4, -0.2) is 60.7 Å². The van der Waals surface area contributed by atoms with Crippen molar-refractivity contribution in [2.45, 2.75) is 32.0 Å². The summed E-state index contributed by atoms with van der Waals surface area (Å²) in [5.41, 5.74) is 1.05. The highest BCUT2D eigenvalue weighted by molar-refractivity contribution is 5.55. The largest absolute Gasteiger partial charge is 0.493 e. The molecular weight excluding hydrogens is 294 g/mol. The summed E-state index contributed by atoms with van der Waals surface area (Å²) >= 11 is 0. The summed E-state index contributed by atoms with van der Waals surface area (Å²) in [4.78, 5) is 2.16. The van der Waals surface area contributed by atoms with E-state index in [4.69, 9.17) is 9.47 Å². The molecule has 5 nitrogen and oxygen atoms in total. The van der Waals surface area contributed by atoms with Crippen LogP contribution in [0.1, 0.15) is 25.3 Å². The second kappa shape index (κ2) is 8.91. The van der Waals surface area contributed by atoms with Gasteiger partial charge in [-0.2, -0.15) is 0 Å². The highest BCUT2D eigenvalue weighted by atomic mass is 16.5. The Kier molecular flexibility index (Phi) is 6.89. The number of nitrogens with zero attached hydrogens (tertiary/aromatic N) is 1. The van der Waals surface area contributed by atoms with Gasteiger partial charge >= 0.3 is 0 Å². The Morgan fingerprint density at radius 1 is 1.30 bits per heavy atom. The van der Waals surface area contributed by atoms with E-state index in [1.165, 1.54) is 0 Å². The van der Waals surface area contributed by atoms with Gasteiger partial charge in [-0.05, 0) is 37.5 Å². The Morgan fingerprint density at radius 3 is 2.70 bits per heavy atom. The van der Waals surface area contributed by atoms with Gasteiger partial charge in [-0.25, -0.2) is 0 Å². The number of piperidine rings is 1. The fourth-order valence-corrected chi connectivity index (χ4v) is 2.74. The van der Waals surface area contributed by atoms with Crippen molar-refractivity contribution in [3.8, 4) is 11.5 Å². The van der Waals surface area contributed by atoms with Gasteiger partial charge in [-0.1, -0.05) is 18.2 Å². The van der Waals surface area contributed by atoms with Crippen molar-refractivity contribution in [1.82, 2.24) is 4.90 Å². The number of likely N-dealkylation sites (tertiary alicyclic amines) is 1. The fourth-order valence-electron chi connectivity index (χ4n) is 2.74. The Labute approximate surface area is 138 Å². The number of rotatable bonds is 7. The zero-order chi connectivity index (χ0) is 16.7. The number of hydrogen-bond donors (Lipinski definition) is 2. The fraction of sp³-hybridized carbons (Fsp3) is 0.556. The molecule has 0 unspecified atom stereocenters. The molecule has 1 aromatic rings. The molecule has 0 amide bonds. The first-order valence-electron chi connectivity index (χ1n) is 8.14. The standard InChI is InChI=1S/C18H27NO4/c1-3-4-14-5-6-17(18(11-14)22-2)23-13-16(21)12-19-9-7-15(20)8-10-19/h3-6,11,15-16,20-21H,7-10,12-13H2,1-2H3/b4-3+/t16-/m1/s1. The average molecular weight is 321 g/mol. The van der Waals surface area contributed by atoms with Gasteiger partial charge in [0.2, 0.25) is 0 Å². The third kappa shape index (κ3) is 5.53. The molecule has 2 rings (SSSR count). The van der Waals surface area contributed by atoms with Crippen LogP contribution >= 0.6 is 0 Å². The molecule has 0 aliphatic carbocycles. The van der Waals surface area contributed by atoms with Crippen molar-refractivity contribution in [3.05, 3.63) is 29.8 Å². The predicted molar refractivity (Wildman–Crippen MR) is 90.9 cm³/mol. The first kappa shape index (κ1) is 17.8. The molecule has 0 radical (unpaired) electrons. The topological polar surface area (TPSA) is 62.2 Å². The minimum absolute atomic E-state index is 0.195. The smallest absolute Gasteiger partial charge is 0.161 e. The van der Waals surface area contributed by atoms with Crippen molar-refractivity contribution in [3.63, 3.8) is 0 Å². The number of methoxy groups -OCH3 is 1. The molecule has 5 heteroatoms. The highest BCUT2D eigenvalue weighted by Gasteiger charge is 2.19. The van der Waals surface area contributed by atoms with Crippen LogP contribution in [0.25, 0.3) is 6.08 Å². The second-order valence-electron chi connectivity index (χ2n) is 5.91. The molecule has 2 N–H and O–H groups in total. The molecule has 23 heavy (non-hydrogen) atoms. The molecule has 1 saturated heterocycles. The van der Waals surface area contributed by atoms with E-state index in [-0.39, 0.29) is 12.7 Å². The summed E-state index contributed by atoms with van der Waals surface area (Å²) in [6, 6.07) is 5.72. The van der Waals surface area contributed by atoms with Crippen LogP contribution in [0.5, 0.6) is 11.5 Å². The van der Waals surface area contributed by atoms with E-state index in [0.29, 0.717) is 18.0 Å². The van der Waals surface area contributed by atoms with Crippen LogP contribution in [0.15, 0.2) is 24.3 Å². The quantitative estimate of drug-likeness (QED) is 0.803. The van der Waals surface area contributed by atoms with E-state index >= 15 is 0 Å². The third-order valence-corrected chi connectivity index (χ3v) is 4.00. The van der Waals surface area contributed by atoms with Gasteiger partial charge in [0.15, 0.2) is 11.5 Å². The van der Waals surface area contributed by atoms with Crippen LogP contribution in [0.4, 0.5) is 0 Å². The Balaban J connectivity index is 1.84. The van der Waals surface area contributed by atoms with Crippen molar-refractivity contribution < 1.29 is 19.7 Å². The first-order valence-corrected chi connectivity index (χ1v) is 8.14. The number of aliphatic hydroxyl groups is 2. The van der Waals surface area contributed by atoms with E-state index in [9.17, 15) is 10.2 Å². The molecule has 0 saturated carbocycles. The zero-order valence-corrected chi connectivity index (χ0v) is 13.9. The summed E-state index contributed by atoms with van der Waals surface area (Å²) < 4.78 is 11.1. The SMILES string of the molecule is C/C=C/c1ccc(OC[C@H](O)CN2CCC(O)CC2)c(OC)c1. The average Bonchev–Trinajstić information content (AvgIpc) is 2.56. The van der Waals surface area contributed by atoms with Gasteiger partial charge in [0.25, 0.3) is 0 Å². The summed E-state index contributed by atoms with van der Waals surface area (Å²) in [6.45, 7) is 4.39. The number of ether oxygens (including phenoxy) is 2. The molecule has 1 heterocycles. The maximum absolute atomic E-state index is 10.1. The Bertz CT molecular complexity index is 510. The van der Waals surface area contributed by atoms with Gasteiger partial charge in [0, 0.05) is 19.6 Å². The van der Waals surface area contributed by atoms with Gasteiger partial charge < -0.3 is 24.6 Å². The van der Waals surface area contributed by atoms with Crippen LogP contribution in [0.2, 0.25) is 0 Å². The molecule has 1 aliphatic rings. The second-order valence-corrected chi connectivity index (χ2v) is 5.91. The van der Waals surface area contributed by atoms with Crippen molar-refractivity contribution >= 4 is 6.08 Å². The number of benzene rings is 1. The maximum atomic E-state index is 10.1. The lowest BCUT2D eigenvalue weighted by Crippen LogP contribution is -2.41. The van der Waals surface area contributed by atoms with Gasteiger partial charge in [-0.15, -0.1) is 0 Å². The highest BCUT2D eigenvalue weighted by Crippen LogP contribution is 2.28. The minimum Gasteiger partial charge on any atom is -0.493 e. The maximum Gasteiger partial charge on any atom is 0.161 e. The minimum atomic E-state index is -0.565. The van der Waals surface area contributed by atoms with E-state index in [0.717, 1.165) is 31.5 Å². The number of β-amino-alcohol motifs (C(OH)–C–C–N with tert-alkyl or cyclic N) is 1. The van der Waals surface area contributed by atoms with Crippen molar-refractivity contribution in [2.24, 2.45) is 0 Å². The normalized spacial score (nSPS) is 18.3. The number of aliphatic hydroxyl groups excluding tert-OH is 2. The lowest BCUT2D eigenvalue weighted by atomic mass is 10.1. The zero-order valence-electron chi connectivity index (χ0n) is 13.9. The van der Waals surface area contributed by atoms with Crippen molar-refractivity contribution in [1.29, 1.82) is 0 Å². The molecule has 0 aromatic heterocycles. The van der Waals surface area contributed by atoms with E-state index in [1.807, 2.05) is 37.3 Å². The molecule has 0 spiro atoms. The van der Waals surface area contributed by atoms with E-state index in [1.54, 1.807) is 7.11 Å². The van der Waals surface area contributed by atoms with Gasteiger partial charge in [0.05, 0.1) is 13.2 Å². The first-order chi connectivity index (χ1) is 11.1. The Hall–Kier alpha value is -1.56. The third-order valence-electron chi connectivity index (χ3n) is 4.00. The van der Waals surface area contributed by atoms with E-state index < -0.39 is 6.10 Å². The van der Waals surface area contributed by atoms with Gasteiger partial charge in [-0.3, -0.25) is 0 Å². The molecule has 1 atom stereocenters.